The highest BCUT2D eigenvalue weighted by atomic mass is 16.2. The van der Waals surface area contributed by atoms with Crippen molar-refractivity contribution in [3.05, 3.63) is 12.8 Å². The van der Waals surface area contributed by atoms with Gasteiger partial charge in [0.1, 0.15) is 0 Å². The highest BCUT2D eigenvalue weighted by Gasteiger charge is 2.16. The van der Waals surface area contributed by atoms with Crippen molar-refractivity contribution in [2.75, 3.05) is 6.54 Å². The van der Waals surface area contributed by atoms with E-state index < -0.39 is 0 Å². The summed E-state index contributed by atoms with van der Waals surface area (Å²) in [5, 5.41) is 0. The molecule has 1 amide bonds. The van der Waals surface area contributed by atoms with Crippen molar-refractivity contribution >= 4 is 5.91 Å². The predicted molar refractivity (Wildman–Crippen MR) is 49.5 cm³/mol. The first-order chi connectivity index (χ1) is 5.74. The quantitative estimate of drug-likeness (QED) is 0.586. The molecule has 2 heteroatoms. The van der Waals surface area contributed by atoms with E-state index in [9.17, 15) is 4.79 Å². The summed E-state index contributed by atoms with van der Waals surface area (Å²) in [7, 11) is 0. The Morgan fingerprint density at radius 3 is 2.33 bits per heavy atom. The highest BCUT2D eigenvalue weighted by Crippen LogP contribution is 2.26. The monoisotopic (exact) mass is 167 g/mol. The smallest absolute Gasteiger partial charge is 0.226 e. The van der Waals surface area contributed by atoms with E-state index in [1.54, 1.807) is 11.1 Å². The van der Waals surface area contributed by atoms with Crippen LogP contribution in [0, 0.1) is 5.92 Å². The molecule has 0 N–H and O–H groups in total. The standard InChI is InChI=1S/C6H9NO.C4H8/c1-2-7-5-3-4-6(7)8;1-4-2-3-4/h2H,1,3-5H2;4H,2-3H2,1H3. The molecule has 2 rings (SSSR count). The van der Waals surface area contributed by atoms with E-state index in [-0.39, 0.29) is 5.91 Å². The van der Waals surface area contributed by atoms with Crippen molar-refractivity contribution in [1.82, 2.24) is 4.90 Å². The topological polar surface area (TPSA) is 20.3 Å². The predicted octanol–water partition coefficient (Wildman–Crippen LogP) is 2.17. The molecule has 0 aromatic heterocycles. The van der Waals surface area contributed by atoms with Crippen LogP contribution < -0.4 is 0 Å². The molecule has 0 spiro atoms. The Labute approximate surface area is 74.2 Å². The first-order valence-electron chi connectivity index (χ1n) is 4.66. The lowest BCUT2D eigenvalue weighted by Gasteiger charge is -2.05. The van der Waals surface area contributed by atoms with Crippen molar-refractivity contribution in [3.63, 3.8) is 0 Å². The van der Waals surface area contributed by atoms with Gasteiger partial charge in [-0.3, -0.25) is 4.79 Å². The Morgan fingerprint density at radius 1 is 1.58 bits per heavy atom. The lowest BCUT2D eigenvalue weighted by atomic mass is 10.4. The molecular weight excluding hydrogens is 150 g/mol. The average molecular weight is 167 g/mol. The van der Waals surface area contributed by atoms with Crippen molar-refractivity contribution in [1.29, 1.82) is 0 Å². The van der Waals surface area contributed by atoms with Crippen LogP contribution in [0.1, 0.15) is 32.6 Å². The lowest BCUT2D eigenvalue weighted by molar-refractivity contribution is -0.125. The summed E-state index contributed by atoms with van der Waals surface area (Å²) in [6, 6.07) is 0. The van der Waals surface area contributed by atoms with Gasteiger partial charge < -0.3 is 4.90 Å². The molecule has 1 heterocycles. The van der Waals surface area contributed by atoms with Crippen LogP contribution in [-0.4, -0.2) is 17.4 Å². The zero-order valence-corrected chi connectivity index (χ0v) is 7.75. The molecule has 1 aliphatic carbocycles. The van der Waals surface area contributed by atoms with Gasteiger partial charge in [-0.25, -0.2) is 0 Å². The van der Waals surface area contributed by atoms with Gasteiger partial charge in [-0.15, -0.1) is 0 Å². The van der Waals surface area contributed by atoms with Gasteiger partial charge in [0.25, 0.3) is 0 Å². The number of nitrogens with zero attached hydrogens (tertiary/aromatic N) is 1. The third-order valence-corrected chi connectivity index (χ3v) is 2.20. The molecule has 68 valence electrons. The van der Waals surface area contributed by atoms with Gasteiger partial charge in [-0.05, 0) is 18.5 Å². The minimum Gasteiger partial charge on any atom is -0.320 e. The van der Waals surface area contributed by atoms with Gasteiger partial charge in [-0.2, -0.15) is 0 Å². The Morgan fingerprint density at radius 2 is 2.17 bits per heavy atom. The van der Waals surface area contributed by atoms with Crippen LogP contribution in [0.25, 0.3) is 0 Å². The molecule has 0 aromatic rings. The fourth-order valence-electron chi connectivity index (χ4n) is 1.03. The molecule has 0 aromatic carbocycles. The van der Waals surface area contributed by atoms with Gasteiger partial charge >= 0.3 is 0 Å². The molecule has 0 bridgehead atoms. The van der Waals surface area contributed by atoms with E-state index in [0.29, 0.717) is 6.42 Å². The summed E-state index contributed by atoms with van der Waals surface area (Å²) in [5.74, 6) is 1.29. The van der Waals surface area contributed by atoms with E-state index >= 15 is 0 Å². The van der Waals surface area contributed by atoms with Gasteiger partial charge in [0, 0.05) is 13.0 Å². The summed E-state index contributed by atoms with van der Waals surface area (Å²) < 4.78 is 0. The second-order valence-electron chi connectivity index (χ2n) is 3.56. The highest BCUT2D eigenvalue weighted by molar-refractivity contribution is 5.78. The molecule has 2 aliphatic rings. The number of likely N-dealkylation sites (tertiary alicyclic amines) is 1. The molecule has 1 aliphatic heterocycles. The van der Waals surface area contributed by atoms with Crippen LogP contribution in [-0.2, 0) is 4.79 Å². The molecule has 1 saturated carbocycles. The number of hydrogen-bond donors (Lipinski definition) is 0. The minimum absolute atomic E-state index is 0.208. The zero-order valence-electron chi connectivity index (χ0n) is 7.75. The maximum absolute atomic E-state index is 10.7. The molecule has 2 nitrogen and oxygen atoms in total. The van der Waals surface area contributed by atoms with Crippen LogP contribution in [0.2, 0.25) is 0 Å². The minimum atomic E-state index is 0.208. The van der Waals surface area contributed by atoms with E-state index in [0.717, 1.165) is 18.9 Å². The molecule has 2 fully saturated rings. The second kappa shape index (κ2) is 4.29. The Hall–Kier alpha value is -0.790. The van der Waals surface area contributed by atoms with Crippen molar-refractivity contribution < 1.29 is 4.79 Å². The number of amides is 1. The summed E-state index contributed by atoms with van der Waals surface area (Å²) in [6.45, 7) is 6.64. The fourth-order valence-corrected chi connectivity index (χ4v) is 1.03. The number of carbonyl (C=O) groups is 1. The number of carbonyl (C=O) groups excluding carboxylic acids is 1. The first kappa shape index (κ1) is 9.30. The van der Waals surface area contributed by atoms with Crippen LogP contribution >= 0.6 is 0 Å². The maximum Gasteiger partial charge on any atom is 0.226 e. The summed E-state index contributed by atoms with van der Waals surface area (Å²) >= 11 is 0. The van der Waals surface area contributed by atoms with Gasteiger partial charge in [0.2, 0.25) is 5.91 Å². The maximum atomic E-state index is 10.7. The fraction of sp³-hybridized carbons (Fsp3) is 0.700. The molecule has 1 saturated heterocycles. The van der Waals surface area contributed by atoms with Crippen molar-refractivity contribution in [2.24, 2.45) is 5.92 Å². The van der Waals surface area contributed by atoms with Crippen LogP contribution in [0.4, 0.5) is 0 Å². The van der Waals surface area contributed by atoms with Gasteiger partial charge in [0.15, 0.2) is 0 Å². The Balaban J connectivity index is 0.000000150. The normalized spacial score (nSPS) is 21.8. The Kier molecular flexibility index (Phi) is 3.32. The molecular formula is C10H17NO. The number of hydrogen-bond acceptors (Lipinski definition) is 1. The van der Waals surface area contributed by atoms with Gasteiger partial charge in [-0.1, -0.05) is 26.3 Å². The third-order valence-electron chi connectivity index (χ3n) is 2.20. The van der Waals surface area contributed by atoms with Crippen molar-refractivity contribution in [2.45, 2.75) is 32.6 Å². The first-order valence-corrected chi connectivity index (χ1v) is 4.66. The summed E-state index contributed by atoms with van der Waals surface area (Å²) in [5.41, 5.74) is 0. The third kappa shape index (κ3) is 3.07. The second-order valence-corrected chi connectivity index (χ2v) is 3.56. The van der Waals surface area contributed by atoms with E-state index in [2.05, 4.69) is 13.5 Å². The molecule has 0 atom stereocenters. The van der Waals surface area contributed by atoms with E-state index in [1.807, 2.05) is 0 Å². The number of rotatable bonds is 1. The Bertz CT molecular complexity index is 173. The van der Waals surface area contributed by atoms with E-state index in [1.165, 1.54) is 12.8 Å². The zero-order chi connectivity index (χ0) is 8.97. The lowest BCUT2D eigenvalue weighted by Crippen LogP contribution is -2.16. The van der Waals surface area contributed by atoms with Crippen LogP contribution in [0.3, 0.4) is 0 Å². The molecule has 0 radical (unpaired) electrons. The van der Waals surface area contributed by atoms with Crippen LogP contribution in [0.15, 0.2) is 12.8 Å². The summed E-state index contributed by atoms with van der Waals surface area (Å²) in [4.78, 5) is 12.3. The van der Waals surface area contributed by atoms with Crippen LogP contribution in [0.5, 0.6) is 0 Å². The van der Waals surface area contributed by atoms with E-state index in [4.69, 9.17) is 0 Å². The SMILES string of the molecule is C=CN1CCCC1=O.CC1CC1. The van der Waals surface area contributed by atoms with Crippen molar-refractivity contribution in [3.8, 4) is 0 Å². The largest absolute Gasteiger partial charge is 0.320 e. The molecule has 12 heavy (non-hydrogen) atoms. The molecule has 0 unspecified atom stereocenters. The summed E-state index contributed by atoms with van der Waals surface area (Å²) in [6.07, 6.45) is 6.26. The van der Waals surface area contributed by atoms with Gasteiger partial charge in [0.05, 0.1) is 0 Å². The average Bonchev–Trinajstić information content (AvgIpc) is 2.70.